The molecule has 0 spiro atoms. The van der Waals surface area contributed by atoms with E-state index < -0.39 is 5.97 Å². The van der Waals surface area contributed by atoms with Crippen LogP contribution in [0.15, 0.2) is 34.9 Å². The average molecular weight is 322 g/mol. The first-order valence-corrected chi connectivity index (χ1v) is 6.41. The van der Waals surface area contributed by atoms with Crippen molar-refractivity contribution >= 4 is 27.6 Å². The molecule has 98 valence electrons. The molecule has 6 heteroatoms. The Hall–Kier alpha value is -1.95. The van der Waals surface area contributed by atoms with Gasteiger partial charge in [-0.15, -0.1) is 0 Å². The van der Waals surface area contributed by atoms with Gasteiger partial charge in [0.1, 0.15) is 5.82 Å². The first kappa shape index (κ1) is 13.5. The minimum atomic E-state index is -0.978. The number of hydrogen-bond acceptors (Lipinski definition) is 4. The lowest BCUT2D eigenvalue weighted by Crippen LogP contribution is -2.08. The molecule has 0 bridgehead atoms. The molecule has 0 saturated carbocycles. The summed E-state index contributed by atoms with van der Waals surface area (Å²) in [6.07, 6.45) is 1.68. The van der Waals surface area contributed by atoms with E-state index in [0.717, 1.165) is 5.69 Å². The van der Waals surface area contributed by atoms with Gasteiger partial charge in [-0.05, 0) is 41.1 Å². The second kappa shape index (κ2) is 5.79. The summed E-state index contributed by atoms with van der Waals surface area (Å²) in [5.41, 5.74) is 1.58. The van der Waals surface area contributed by atoms with Crippen molar-refractivity contribution in [3.8, 4) is 0 Å². The summed E-state index contributed by atoms with van der Waals surface area (Å²) in [6.45, 7) is 2.26. The molecule has 0 amide bonds. The summed E-state index contributed by atoms with van der Waals surface area (Å²) in [5.74, 6) is -0.291. The van der Waals surface area contributed by atoms with Crippen LogP contribution in [-0.4, -0.2) is 21.0 Å². The van der Waals surface area contributed by atoms with E-state index in [1.807, 2.05) is 6.92 Å². The van der Waals surface area contributed by atoms with E-state index in [1.54, 1.807) is 30.5 Å². The van der Waals surface area contributed by atoms with Gasteiger partial charge >= 0.3 is 5.97 Å². The Bertz CT molecular complexity index is 617. The highest BCUT2D eigenvalue weighted by atomic mass is 79.9. The molecule has 0 aliphatic carbocycles. The average Bonchev–Trinajstić information content (AvgIpc) is 2.36. The molecular formula is C13H12BrN3O2. The van der Waals surface area contributed by atoms with Crippen molar-refractivity contribution in [2.75, 3.05) is 5.32 Å². The summed E-state index contributed by atoms with van der Waals surface area (Å²) in [7, 11) is 0. The lowest BCUT2D eigenvalue weighted by Gasteiger charge is -2.10. The maximum Gasteiger partial charge on any atom is 0.338 e. The fraction of sp³-hybridized carbons (Fsp3) is 0.154. The van der Waals surface area contributed by atoms with E-state index in [0.29, 0.717) is 22.5 Å². The first-order chi connectivity index (χ1) is 9.08. The van der Waals surface area contributed by atoms with E-state index in [1.165, 1.54) is 0 Å². The molecule has 19 heavy (non-hydrogen) atoms. The highest BCUT2D eigenvalue weighted by Crippen LogP contribution is 2.25. The predicted octanol–water partition coefficient (Wildman–Crippen LogP) is 2.86. The summed E-state index contributed by atoms with van der Waals surface area (Å²) in [5, 5.41) is 12.3. The van der Waals surface area contributed by atoms with Crippen molar-refractivity contribution < 1.29 is 9.90 Å². The Labute approximate surface area is 118 Å². The number of halogens is 1. The first-order valence-electron chi connectivity index (χ1n) is 5.62. The van der Waals surface area contributed by atoms with E-state index in [9.17, 15) is 9.90 Å². The maximum absolute atomic E-state index is 11.2. The SMILES string of the molecule is Cc1nccc(CNc2cccc(Br)c2C(=O)O)n1. The zero-order valence-corrected chi connectivity index (χ0v) is 11.8. The molecular weight excluding hydrogens is 310 g/mol. The molecule has 0 unspecified atom stereocenters. The number of benzene rings is 1. The van der Waals surface area contributed by atoms with Gasteiger partial charge in [-0.1, -0.05) is 6.07 Å². The van der Waals surface area contributed by atoms with Gasteiger partial charge in [0.05, 0.1) is 23.5 Å². The number of hydrogen-bond donors (Lipinski definition) is 2. The summed E-state index contributed by atoms with van der Waals surface area (Å²) >= 11 is 3.24. The van der Waals surface area contributed by atoms with Crippen LogP contribution in [0.1, 0.15) is 21.9 Å². The summed E-state index contributed by atoms with van der Waals surface area (Å²) in [6, 6.07) is 6.99. The number of anilines is 1. The molecule has 0 saturated heterocycles. The Morgan fingerprint density at radius 1 is 1.42 bits per heavy atom. The predicted molar refractivity (Wildman–Crippen MR) is 75.2 cm³/mol. The minimum Gasteiger partial charge on any atom is -0.478 e. The zero-order valence-electron chi connectivity index (χ0n) is 10.2. The van der Waals surface area contributed by atoms with Gasteiger partial charge in [0.15, 0.2) is 0 Å². The summed E-state index contributed by atoms with van der Waals surface area (Å²) in [4.78, 5) is 19.5. The molecule has 0 atom stereocenters. The standard InChI is InChI=1S/C13H12BrN3O2/c1-8-15-6-5-9(17-8)7-16-11-4-2-3-10(14)12(11)13(18)19/h2-6,16H,7H2,1H3,(H,18,19). The smallest absolute Gasteiger partial charge is 0.338 e. The van der Waals surface area contributed by atoms with Crippen molar-refractivity contribution in [3.63, 3.8) is 0 Å². The van der Waals surface area contributed by atoms with Gasteiger partial charge in [0, 0.05) is 10.7 Å². The highest BCUT2D eigenvalue weighted by Gasteiger charge is 2.13. The van der Waals surface area contributed by atoms with Crippen LogP contribution in [0.4, 0.5) is 5.69 Å². The monoisotopic (exact) mass is 321 g/mol. The normalized spacial score (nSPS) is 10.2. The Kier molecular flexibility index (Phi) is 4.11. The van der Waals surface area contributed by atoms with Gasteiger partial charge in [0.25, 0.3) is 0 Å². The van der Waals surface area contributed by atoms with Crippen LogP contribution in [0, 0.1) is 6.92 Å². The number of aromatic carboxylic acids is 1. The molecule has 1 heterocycles. The van der Waals surface area contributed by atoms with Crippen LogP contribution in [0.2, 0.25) is 0 Å². The quantitative estimate of drug-likeness (QED) is 0.905. The number of carboxylic acids is 1. The van der Waals surface area contributed by atoms with Gasteiger partial charge < -0.3 is 10.4 Å². The molecule has 1 aromatic carbocycles. The van der Waals surface area contributed by atoms with Crippen LogP contribution < -0.4 is 5.32 Å². The second-order valence-corrected chi connectivity index (χ2v) is 4.77. The largest absolute Gasteiger partial charge is 0.478 e. The number of nitrogens with one attached hydrogen (secondary N) is 1. The highest BCUT2D eigenvalue weighted by molar-refractivity contribution is 9.10. The van der Waals surface area contributed by atoms with E-state index in [-0.39, 0.29) is 5.56 Å². The van der Waals surface area contributed by atoms with Crippen LogP contribution >= 0.6 is 15.9 Å². The molecule has 0 aliphatic rings. The number of carbonyl (C=O) groups is 1. The van der Waals surface area contributed by atoms with Crippen LogP contribution in [-0.2, 0) is 6.54 Å². The third kappa shape index (κ3) is 3.29. The topological polar surface area (TPSA) is 75.1 Å². The number of rotatable bonds is 4. The van der Waals surface area contributed by atoms with E-state index >= 15 is 0 Å². The van der Waals surface area contributed by atoms with Crippen LogP contribution in [0.3, 0.4) is 0 Å². The minimum absolute atomic E-state index is 0.216. The lowest BCUT2D eigenvalue weighted by molar-refractivity contribution is 0.0697. The molecule has 2 N–H and O–H groups in total. The van der Waals surface area contributed by atoms with Gasteiger partial charge in [0.2, 0.25) is 0 Å². The Balaban J connectivity index is 2.20. The second-order valence-electron chi connectivity index (χ2n) is 3.92. The fourth-order valence-corrected chi connectivity index (χ4v) is 2.21. The molecule has 0 aliphatic heterocycles. The zero-order chi connectivity index (χ0) is 13.8. The molecule has 2 aromatic rings. The van der Waals surface area contributed by atoms with Gasteiger partial charge in [-0.2, -0.15) is 0 Å². The van der Waals surface area contributed by atoms with Crippen molar-refractivity contribution in [3.05, 3.63) is 52.0 Å². The third-order valence-electron chi connectivity index (χ3n) is 2.52. The number of nitrogens with zero attached hydrogens (tertiary/aromatic N) is 2. The van der Waals surface area contributed by atoms with Crippen LogP contribution in [0.5, 0.6) is 0 Å². The van der Waals surface area contributed by atoms with E-state index in [2.05, 4.69) is 31.2 Å². The lowest BCUT2D eigenvalue weighted by atomic mass is 10.2. The van der Waals surface area contributed by atoms with Gasteiger partial charge in [-0.3, -0.25) is 0 Å². The Morgan fingerprint density at radius 3 is 2.89 bits per heavy atom. The van der Waals surface area contributed by atoms with Crippen molar-refractivity contribution in [1.82, 2.24) is 9.97 Å². The fourth-order valence-electron chi connectivity index (χ4n) is 1.68. The number of aromatic nitrogens is 2. The van der Waals surface area contributed by atoms with Crippen LogP contribution in [0.25, 0.3) is 0 Å². The molecule has 0 radical (unpaired) electrons. The Morgan fingerprint density at radius 2 is 2.21 bits per heavy atom. The van der Waals surface area contributed by atoms with Crippen molar-refractivity contribution in [1.29, 1.82) is 0 Å². The molecule has 2 rings (SSSR count). The van der Waals surface area contributed by atoms with E-state index in [4.69, 9.17) is 0 Å². The number of aryl methyl sites for hydroxylation is 1. The van der Waals surface area contributed by atoms with Gasteiger partial charge in [-0.25, -0.2) is 14.8 Å². The summed E-state index contributed by atoms with van der Waals surface area (Å²) < 4.78 is 0.545. The maximum atomic E-state index is 11.2. The molecule has 1 aromatic heterocycles. The third-order valence-corrected chi connectivity index (χ3v) is 3.18. The molecule has 0 fully saturated rings. The molecule has 5 nitrogen and oxygen atoms in total. The van der Waals surface area contributed by atoms with Crippen molar-refractivity contribution in [2.24, 2.45) is 0 Å². The number of carboxylic acid groups (broad SMARTS) is 1. The van der Waals surface area contributed by atoms with Crippen molar-refractivity contribution in [2.45, 2.75) is 13.5 Å².